The molecule has 1 aliphatic rings. The van der Waals surface area contributed by atoms with Crippen molar-refractivity contribution in [2.45, 2.75) is 44.4 Å². The van der Waals surface area contributed by atoms with E-state index in [1.165, 1.54) is 0 Å². The number of carbonyl (C=O) groups is 2. The van der Waals surface area contributed by atoms with E-state index in [0.29, 0.717) is 6.61 Å². The van der Waals surface area contributed by atoms with Gasteiger partial charge in [0.1, 0.15) is 15.9 Å². The topological polar surface area (TPSA) is 122 Å². The van der Waals surface area contributed by atoms with Crippen molar-refractivity contribution in [2.75, 3.05) is 18.6 Å². The van der Waals surface area contributed by atoms with Crippen LogP contribution in [0.2, 0.25) is 0 Å². The Morgan fingerprint density at radius 2 is 2.05 bits per heavy atom. The van der Waals surface area contributed by atoms with Gasteiger partial charge in [0.05, 0.1) is 17.9 Å². The molecule has 1 rings (SSSR count). The fourth-order valence-corrected chi connectivity index (χ4v) is 2.75. The number of amides is 2. The molecule has 2 amide bonds. The smallest absolute Gasteiger partial charge is 0.326 e. The van der Waals surface area contributed by atoms with E-state index in [4.69, 9.17) is 9.84 Å². The predicted octanol–water partition coefficient (Wildman–Crippen LogP) is -0.259. The number of urea groups is 1. The highest BCUT2D eigenvalue weighted by Crippen LogP contribution is 2.15. The van der Waals surface area contributed by atoms with Crippen LogP contribution in [0.3, 0.4) is 0 Å². The second-order valence-electron chi connectivity index (χ2n) is 5.27. The second-order valence-corrected chi connectivity index (χ2v) is 7.53. The number of ether oxygens (including phenoxy) is 1. The zero-order chi connectivity index (χ0) is 16.0. The summed E-state index contributed by atoms with van der Waals surface area (Å²) in [6.45, 7) is 2.44. The van der Waals surface area contributed by atoms with Gasteiger partial charge in [-0.3, -0.25) is 0 Å². The van der Waals surface area contributed by atoms with E-state index < -0.39 is 27.9 Å². The van der Waals surface area contributed by atoms with Gasteiger partial charge >= 0.3 is 12.0 Å². The van der Waals surface area contributed by atoms with Crippen LogP contribution in [-0.2, 0) is 19.4 Å². The summed E-state index contributed by atoms with van der Waals surface area (Å²) in [7, 11) is -3.28. The van der Waals surface area contributed by atoms with E-state index in [-0.39, 0.29) is 24.3 Å². The van der Waals surface area contributed by atoms with Gasteiger partial charge < -0.3 is 20.5 Å². The first kappa shape index (κ1) is 17.7. The van der Waals surface area contributed by atoms with Crippen molar-refractivity contribution >= 4 is 21.8 Å². The lowest BCUT2D eigenvalue weighted by atomic mass is 10.1. The molecule has 0 aromatic rings. The Hall–Kier alpha value is -1.35. The van der Waals surface area contributed by atoms with Gasteiger partial charge in [0.2, 0.25) is 0 Å². The molecule has 1 heterocycles. The van der Waals surface area contributed by atoms with Gasteiger partial charge in [-0.15, -0.1) is 0 Å². The molecule has 21 heavy (non-hydrogen) atoms. The molecule has 0 aromatic carbocycles. The first-order chi connectivity index (χ1) is 9.69. The molecule has 1 saturated heterocycles. The molecule has 0 aromatic heterocycles. The van der Waals surface area contributed by atoms with Gasteiger partial charge in [-0.1, -0.05) is 0 Å². The summed E-state index contributed by atoms with van der Waals surface area (Å²) in [4.78, 5) is 22.8. The van der Waals surface area contributed by atoms with Crippen molar-refractivity contribution in [3.8, 4) is 0 Å². The minimum atomic E-state index is -3.28. The Morgan fingerprint density at radius 1 is 1.38 bits per heavy atom. The number of sulfone groups is 1. The molecule has 9 heteroatoms. The third kappa shape index (κ3) is 6.76. The van der Waals surface area contributed by atoms with Crippen LogP contribution in [0, 0.1) is 0 Å². The minimum absolute atomic E-state index is 0.0740. The van der Waals surface area contributed by atoms with Crippen molar-refractivity contribution in [1.29, 1.82) is 0 Å². The van der Waals surface area contributed by atoms with Crippen molar-refractivity contribution in [3.05, 3.63) is 0 Å². The van der Waals surface area contributed by atoms with Crippen molar-refractivity contribution in [2.24, 2.45) is 0 Å². The summed E-state index contributed by atoms with van der Waals surface area (Å²) in [5.41, 5.74) is 0. The second kappa shape index (κ2) is 7.60. The Morgan fingerprint density at radius 3 is 2.52 bits per heavy atom. The van der Waals surface area contributed by atoms with Crippen LogP contribution in [-0.4, -0.2) is 62.3 Å². The number of carboxylic acids is 1. The molecular formula is C12H22N2O6S. The van der Waals surface area contributed by atoms with Gasteiger partial charge in [-0.05, 0) is 26.2 Å². The molecule has 3 atom stereocenters. The van der Waals surface area contributed by atoms with Crippen LogP contribution in [0.15, 0.2) is 0 Å². The molecule has 0 aliphatic carbocycles. The maximum Gasteiger partial charge on any atom is 0.326 e. The number of hydrogen-bond donors (Lipinski definition) is 3. The number of carboxylic acid groups (broad SMARTS) is 1. The number of aliphatic carboxylic acids is 1. The summed E-state index contributed by atoms with van der Waals surface area (Å²) in [5.74, 6) is -1.57. The van der Waals surface area contributed by atoms with E-state index in [0.717, 1.165) is 19.1 Å². The monoisotopic (exact) mass is 322 g/mol. The van der Waals surface area contributed by atoms with Gasteiger partial charge in [0.25, 0.3) is 0 Å². The zero-order valence-electron chi connectivity index (χ0n) is 12.2. The first-order valence-corrected chi connectivity index (χ1v) is 8.84. The molecule has 0 spiro atoms. The Bertz CT molecular complexity index is 472. The molecule has 0 radical (unpaired) electrons. The number of carbonyl (C=O) groups excluding carboxylic acids is 1. The van der Waals surface area contributed by atoms with E-state index in [9.17, 15) is 18.0 Å². The minimum Gasteiger partial charge on any atom is -0.480 e. The summed E-state index contributed by atoms with van der Waals surface area (Å²) >= 11 is 0. The Labute approximate surface area is 124 Å². The van der Waals surface area contributed by atoms with Crippen LogP contribution in [0.5, 0.6) is 0 Å². The number of hydrogen-bond acceptors (Lipinski definition) is 5. The lowest BCUT2D eigenvalue weighted by Gasteiger charge is -2.22. The van der Waals surface area contributed by atoms with Gasteiger partial charge in [-0.2, -0.15) is 0 Å². The highest BCUT2D eigenvalue weighted by molar-refractivity contribution is 7.90. The quantitative estimate of drug-likeness (QED) is 0.594. The van der Waals surface area contributed by atoms with Gasteiger partial charge in [-0.25, -0.2) is 18.0 Å². The third-order valence-electron chi connectivity index (χ3n) is 3.26. The van der Waals surface area contributed by atoms with Crippen molar-refractivity contribution < 1.29 is 27.9 Å². The maximum atomic E-state index is 11.8. The molecule has 1 fully saturated rings. The highest BCUT2D eigenvalue weighted by Gasteiger charge is 2.26. The van der Waals surface area contributed by atoms with E-state index in [2.05, 4.69) is 10.6 Å². The average Bonchev–Trinajstić information content (AvgIpc) is 2.86. The van der Waals surface area contributed by atoms with Crippen molar-refractivity contribution in [3.63, 3.8) is 0 Å². The number of rotatable bonds is 7. The van der Waals surface area contributed by atoms with Crippen molar-refractivity contribution in [1.82, 2.24) is 10.6 Å². The fourth-order valence-electron chi connectivity index (χ4n) is 2.09. The van der Waals surface area contributed by atoms with Crippen LogP contribution in [0.25, 0.3) is 0 Å². The molecule has 122 valence electrons. The fraction of sp³-hybridized carbons (Fsp3) is 0.833. The Kier molecular flexibility index (Phi) is 6.41. The van der Waals surface area contributed by atoms with Crippen LogP contribution in [0.1, 0.15) is 26.2 Å². The Balaban J connectivity index is 2.46. The summed E-state index contributed by atoms with van der Waals surface area (Å²) in [5, 5.41) is 13.9. The van der Waals surface area contributed by atoms with Crippen LogP contribution < -0.4 is 10.6 Å². The molecule has 3 unspecified atom stereocenters. The SMILES string of the molecule is CC(NC(=O)NC(CCS(C)(=O)=O)C(=O)O)C1CCCO1. The number of nitrogens with one attached hydrogen (secondary N) is 2. The summed E-state index contributed by atoms with van der Waals surface area (Å²) < 4.78 is 27.5. The van der Waals surface area contributed by atoms with Gasteiger partial charge in [0.15, 0.2) is 0 Å². The summed E-state index contributed by atoms with van der Waals surface area (Å²) in [6, 6.07) is -2.12. The molecule has 0 saturated carbocycles. The molecular weight excluding hydrogens is 300 g/mol. The zero-order valence-corrected chi connectivity index (χ0v) is 13.0. The van der Waals surface area contributed by atoms with E-state index >= 15 is 0 Å². The highest BCUT2D eigenvalue weighted by atomic mass is 32.2. The summed E-state index contributed by atoms with van der Waals surface area (Å²) in [6.07, 6.45) is 2.55. The van der Waals surface area contributed by atoms with Crippen LogP contribution >= 0.6 is 0 Å². The van der Waals surface area contributed by atoms with E-state index in [1.54, 1.807) is 6.92 Å². The van der Waals surface area contributed by atoms with Crippen LogP contribution in [0.4, 0.5) is 4.79 Å². The third-order valence-corrected chi connectivity index (χ3v) is 4.24. The normalized spacial score (nSPS) is 21.5. The standard InChI is InChI=1S/C12H22N2O6S/c1-8(10-4-3-6-20-10)13-12(17)14-9(11(15)16)5-7-21(2,18)19/h8-10H,3-7H2,1-2H3,(H,15,16)(H2,13,14,17). The molecule has 8 nitrogen and oxygen atoms in total. The lowest BCUT2D eigenvalue weighted by molar-refractivity contribution is -0.139. The first-order valence-electron chi connectivity index (χ1n) is 6.78. The van der Waals surface area contributed by atoms with E-state index in [1.807, 2.05) is 0 Å². The maximum absolute atomic E-state index is 11.8. The predicted molar refractivity (Wildman–Crippen MR) is 75.9 cm³/mol. The largest absolute Gasteiger partial charge is 0.480 e. The van der Waals surface area contributed by atoms with Gasteiger partial charge in [0, 0.05) is 12.9 Å². The molecule has 0 bridgehead atoms. The average molecular weight is 322 g/mol. The molecule has 1 aliphatic heterocycles. The molecule has 3 N–H and O–H groups in total. The lowest BCUT2D eigenvalue weighted by Crippen LogP contribution is -2.51.